The van der Waals surface area contributed by atoms with Crippen LogP contribution in [0.1, 0.15) is 55.6 Å². The van der Waals surface area contributed by atoms with E-state index in [1.807, 2.05) is 0 Å². The average molecular weight is 621 g/mol. The summed E-state index contributed by atoms with van der Waals surface area (Å²) in [5, 5.41) is 0. The second-order valence-corrected chi connectivity index (χ2v) is 10.3. The van der Waals surface area contributed by atoms with E-state index in [9.17, 15) is 19.2 Å². The van der Waals surface area contributed by atoms with Gasteiger partial charge in [-0.15, -0.1) is 0 Å². The SMILES string of the molecule is CCOC(=O)c1c(OC(=O)C(C)C)c(OC(=O)C(C)C)c(C(=O)N(C)C)n1-c1ccc(OCCOCCOCCOC)cc1. The van der Waals surface area contributed by atoms with E-state index in [1.165, 1.54) is 23.6 Å². The van der Waals surface area contributed by atoms with E-state index in [4.69, 9.17) is 33.2 Å². The maximum Gasteiger partial charge on any atom is 0.359 e. The summed E-state index contributed by atoms with van der Waals surface area (Å²) in [5.41, 5.74) is -0.162. The fraction of sp³-hybridized carbons (Fsp3) is 0.548. The Balaban J connectivity index is 2.54. The van der Waals surface area contributed by atoms with Crippen molar-refractivity contribution in [3.8, 4) is 22.9 Å². The fourth-order valence-electron chi connectivity index (χ4n) is 3.58. The minimum absolute atomic E-state index is 0.00617. The number of rotatable bonds is 18. The van der Waals surface area contributed by atoms with Gasteiger partial charge in [0.25, 0.3) is 5.91 Å². The molecule has 44 heavy (non-hydrogen) atoms. The Morgan fingerprint density at radius 1 is 0.750 bits per heavy atom. The van der Waals surface area contributed by atoms with Crippen molar-refractivity contribution in [2.75, 3.05) is 67.5 Å². The topological polar surface area (TPSA) is 141 Å². The van der Waals surface area contributed by atoms with Crippen molar-refractivity contribution < 1.29 is 52.3 Å². The predicted octanol–water partition coefficient (Wildman–Crippen LogP) is 3.54. The minimum atomic E-state index is -0.887. The quantitative estimate of drug-likeness (QED) is 0.178. The van der Waals surface area contributed by atoms with E-state index in [-0.39, 0.29) is 36.1 Å². The first-order chi connectivity index (χ1) is 20.9. The van der Waals surface area contributed by atoms with Crippen LogP contribution in [0.4, 0.5) is 0 Å². The van der Waals surface area contributed by atoms with Gasteiger partial charge in [0.1, 0.15) is 12.4 Å². The van der Waals surface area contributed by atoms with Crippen LogP contribution in [0.5, 0.6) is 17.2 Å². The summed E-state index contributed by atoms with van der Waals surface area (Å²) in [6.07, 6.45) is 0. The normalized spacial score (nSPS) is 11.0. The van der Waals surface area contributed by atoms with E-state index in [0.717, 1.165) is 0 Å². The molecule has 1 heterocycles. The highest BCUT2D eigenvalue weighted by Gasteiger charge is 2.38. The van der Waals surface area contributed by atoms with Crippen molar-refractivity contribution >= 4 is 23.8 Å². The smallest absolute Gasteiger partial charge is 0.359 e. The second kappa shape index (κ2) is 18.0. The number of nitrogens with zero attached hydrogens (tertiary/aromatic N) is 2. The van der Waals surface area contributed by atoms with Crippen LogP contribution in [-0.4, -0.2) is 101 Å². The minimum Gasteiger partial charge on any atom is -0.491 e. The molecule has 0 bridgehead atoms. The molecule has 0 unspecified atom stereocenters. The molecule has 1 aromatic heterocycles. The Hall–Kier alpha value is -3.94. The second-order valence-electron chi connectivity index (χ2n) is 10.3. The molecule has 13 nitrogen and oxygen atoms in total. The summed E-state index contributed by atoms with van der Waals surface area (Å²) in [4.78, 5) is 53.9. The van der Waals surface area contributed by atoms with Crippen LogP contribution in [0.15, 0.2) is 24.3 Å². The molecule has 13 heteroatoms. The lowest BCUT2D eigenvalue weighted by Crippen LogP contribution is -2.26. The summed E-state index contributed by atoms with van der Waals surface area (Å²) in [6.45, 7) is 10.5. The Morgan fingerprint density at radius 3 is 1.73 bits per heavy atom. The summed E-state index contributed by atoms with van der Waals surface area (Å²) in [7, 11) is 4.61. The molecule has 0 fully saturated rings. The Labute approximate surface area is 258 Å². The molecule has 0 N–H and O–H groups in total. The van der Waals surface area contributed by atoms with Crippen molar-refractivity contribution in [3.63, 3.8) is 0 Å². The van der Waals surface area contributed by atoms with Crippen LogP contribution >= 0.6 is 0 Å². The van der Waals surface area contributed by atoms with E-state index in [2.05, 4.69) is 0 Å². The van der Waals surface area contributed by atoms with Gasteiger partial charge < -0.3 is 38.1 Å². The summed E-state index contributed by atoms with van der Waals surface area (Å²) < 4.78 is 39.4. The number of carbonyl (C=O) groups excluding carboxylic acids is 4. The molecule has 1 aromatic carbocycles. The molecule has 0 atom stereocenters. The van der Waals surface area contributed by atoms with Gasteiger partial charge in [-0.2, -0.15) is 0 Å². The first-order valence-electron chi connectivity index (χ1n) is 14.4. The van der Waals surface area contributed by atoms with Gasteiger partial charge in [-0.25, -0.2) is 4.79 Å². The van der Waals surface area contributed by atoms with Crippen molar-refractivity contribution in [1.82, 2.24) is 9.47 Å². The van der Waals surface area contributed by atoms with Gasteiger partial charge in [0.15, 0.2) is 11.4 Å². The number of ether oxygens (including phenoxy) is 7. The number of methoxy groups -OCH3 is 1. The number of amides is 1. The van der Waals surface area contributed by atoms with E-state index in [0.29, 0.717) is 44.5 Å². The Morgan fingerprint density at radius 2 is 1.25 bits per heavy atom. The zero-order valence-corrected chi connectivity index (χ0v) is 26.8. The molecule has 1 amide bonds. The third-order valence-electron chi connectivity index (χ3n) is 5.90. The zero-order chi connectivity index (χ0) is 32.8. The average Bonchev–Trinajstić information content (AvgIpc) is 3.29. The Bertz CT molecular complexity index is 1250. The van der Waals surface area contributed by atoms with Gasteiger partial charge in [0, 0.05) is 26.9 Å². The van der Waals surface area contributed by atoms with Gasteiger partial charge in [-0.1, -0.05) is 27.7 Å². The standard InChI is InChI=1S/C31H44N2O11/c1-9-41-31(37)25-27(44-30(36)21(4)5)26(43-29(35)20(2)3)24(28(34)32(6)7)33(25)22-10-12-23(13-11-22)42-19-18-40-17-16-39-15-14-38-8/h10-13,20-21H,9,14-19H2,1-8H3. The molecule has 0 aliphatic rings. The number of hydrogen-bond donors (Lipinski definition) is 0. The van der Waals surface area contributed by atoms with Gasteiger partial charge >= 0.3 is 17.9 Å². The first-order valence-corrected chi connectivity index (χ1v) is 14.4. The van der Waals surface area contributed by atoms with Gasteiger partial charge in [0.2, 0.25) is 11.5 Å². The number of benzene rings is 1. The highest BCUT2D eigenvalue weighted by atomic mass is 16.6. The molecule has 244 valence electrons. The third-order valence-corrected chi connectivity index (χ3v) is 5.90. The van der Waals surface area contributed by atoms with Crippen molar-refractivity contribution in [1.29, 1.82) is 0 Å². The van der Waals surface area contributed by atoms with Gasteiger partial charge in [-0.05, 0) is 31.2 Å². The van der Waals surface area contributed by atoms with Crippen LogP contribution in [0.25, 0.3) is 5.69 Å². The fourth-order valence-corrected chi connectivity index (χ4v) is 3.58. The molecule has 0 aliphatic heterocycles. The maximum atomic E-state index is 13.6. The molecule has 2 aromatic rings. The molecule has 0 aliphatic carbocycles. The lowest BCUT2D eigenvalue weighted by molar-refractivity contribution is -0.140. The highest BCUT2D eigenvalue weighted by Crippen LogP contribution is 2.42. The maximum absolute atomic E-state index is 13.6. The van der Waals surface area contributed by atoms with Crippen molar-refractivity contribution in [3.05, 3.63) is 35.7 Å². The first kappa shape index (κ1) is 36.3. The lowest BCUT2D eigenvalue weighted by atomic mass is 10.2. The molecule has 0 saturated heterocycles. The van der Waals surface area contributed by atoms with Gasteiger partial charge in [0.05, 0.1) is 51.5 Å². The molecule has 2 rings (SSSR count). The van der Waals surface area contributed by atoms with Crippen LogP contribution in [-0.2, 0) is 28.5 Å². The van der Waals surface area contributed by atoms with Crippen molar-refractivity contribution in [2.45, 2.75) is 34.6 Å². The number of aromatic nitrogens is 1. The van der Waals surface area contributed by atoms with Crippen LogP contribution in [0.2, 0.25) is 0 Å². The van der Waals surface area contributed by atoms with E-state index < -0.39 is 35.7 Å². The Kier molecular flexibility index (Phi) is 14.8. The molecule has 0 saturated carbocycles. The predicted molar refractivity (Wildman–Crippen MR) is 160 cm³/mol. The lowest BCUT2D eigenvalue weighted by Gasteiger charge is -2.17. The molecular weight excluding hydrogens is 576 g/mol. The molecule has 0 spiro atoms. The summed E-state index contributed by atoms with van der Waals surface area (Å²) >= 11 is 0. The zero-order valence-electron chi connectivity index (χ0n) is 26.8. The van der Waals surface area contributed by atoms with Crippen LogP contribution in [0.3, 0.4) is 0 Å². The molecule has 0 radical (unpaired) electrons. The third kappa shape index (κ3) is 10.1. The number of hydrogen-bond acceptors (Lipinski definition) is 11. The summed E-state index contributed by atoms with van der Waals surface area (Å²) in [5.74, 6) is -4.33. The van der Waals surface area contributed by atoms with E-state index in [1.54, 1.807) is 66.0 Å². The molecular formula is C31H44N2O11. The monoisotopic (exact) mass is 620 g/mol. The number of esters is 3. The summed E-state index contributed by atoms with van der Waals surface area (Å²) in [6, 6.07) is 6.50. The van der Waals surface area contributed by atoms with Crippen LogP contribution in [0, 0.1) is 11.8 Å². The largest absolute Gasteiger partial charge is 0.491 e. The van der Waals surface area contributed by atoms with Crippen LogP contribution < -0.4 is 14.2 Å². The number of carbonyl (C=O) groups is 4. The highest BCUT2D eigenvalue weighted by molar-refractivity contribution is 6.04. The van der Waals surface area contributed by atoms with Crippen molar-refractivity contribution in [2.24, 2.45) is 11.8 Å². The van der Waals surface area contributed by atoms with E-state index >= 15 is 0 Å². The van der Waals surface area contributed by atoms with Gasteiger partial charge in [-0.3, -0.25) is 19.0 Å².